The number of rotatable bonds is 6. The van der Waals surface area contributed by atoms with Gasteiger partial charge in [0.25, 0.3) is 5.91 Å². The molecule has 4 rings (SSSR count). The summed E-state index contributed by atoms with van der Waals surface area (Å²) in [6.45, 7) is 0. The molecule has 3 aromatic carbocycles. The summed E-state index contributed by atoms with van der Waals surface area (Å²) in [6, 6.07) is 22.9. The van der Waals surface area contributed by atoms with E-state index in [1.807, 2.05) is 48.5 Å². The van der Waals surface area contributed by atoms with Gasteiger partial charge in [0.2, 0.25) is 11.8 Å². The van der Waals surface area contributed by atoms with Gasteiger partial charge < -0.3 is 10.6 Å². The lowest BCUT2D eigenvalue weighted by Gasteiger charge is -2.17. The fourth-order valence-electron chi connectivity index (χ4n) is 3.44. The Morgan fingerprint density at radius 1 is 0.742 bits per heavy atom. The van der Waals surface area contributed by atoms with Crippen LogP contribution in [0.2, 0.25) is 0 Å². The van der Waals surface area contributed by atoms with Gasteiger partial charge in [-0.3, -0.25) is 19.6 Å². The molecule has 0 saturated heterocycles. The average molecular weight is 415 g/mol. The number of hydrogen-bond acceptors (Lipinski definition) is 4. The zero-order valence-corrected chi connectivity index (χ0v) is 16.6. The van der Waals surface area contributed by atoms with Crippen LogP contribution >= 0.6 is 0 Å². The molecule has 3 aromatic rings. The zero-order valence-electron chi connectivity index (χ0n) is 16.6. The second-order valence-corrected chi connectivity index (χ2v) is 7.42. The second-order valence-electron chi connectivity index (χ2n) is 7.42. The summed E-state index contributed by atoms with van der Waals surface area (Å²) < 4.78 is 0. The van der Waals surface area contributed by atoms with Gasteiger partial charge >= 0.3 is 0 Å². The summed E-state index contributed by atoms with van der Waals surface area (Å²) in [7, 11) is 0. The van der Waals surface area contributed by atoms with E-state index in [1.54, 1.807) is 29.7 Å². The van der Waals surface area contributed by atoms with Crippen LogP contribution in [0.25, 0.3) is 11.1 Å². The third-order valence-electron chi connectivity index (χ3n) is 5.36. The number of para-hydroxylation sites is 1. The molecule has 31 heavy (non-hydrogen) atoms. The predicted octanol–water partition coefficient (Wildman–Crippen LogP) is 3.83. The van der Waals surface area contributed by atoms with Crippen LogP contribution in [0.15, 0.2) is 78.9 Å². The second kappa shape index (κ2) is 8.41. The Hall–Kier alpha value is -3.97. The highest BCUT2D eigenvalue weighted by Crippen LogP contribution is 2.47. The standard InChI is InChI=1S/C24H21N3O4/c28-21(27-31)19-12-11-18(15-20(19)16-7-3-1-4-8-16)26-23(30)24(13-14-24)22(29)25-17-9-5-2-6-10-17/h1-12,15,31H,13-14H2,(H,25,29)(H,26,30)(H,27,28). The fraction of sp³-hybridized carbons (Fsp3) is 0.125. The maximum absolute atomic E-state index is 13.0. The zero-order chi connectivity index (χ0) is 21.8. The Morgan fingerprint density at radius 2 is 1.32 bits per heavy atom. The van der Waals surface area contributed by atoms with Crippen LogP contribution in [0.4, 0.5) is 11.4 Å². The van der Waals surface area contributed by atoms with Gasteiger partial charge in [-0.15, -0.1) is 0 Å². The summed E-state index contributed by atoms with van der Waals surface area (Å²) in [4.78, 5) is 37.8. The van der Waals surface area contributed by atoms with Crippen LogP contribution < -0.4 is 16.1 Å². The topological polar surface area (TPSA) is 108 Å². The first-order chi connectivity index (χ1) is 15.0. The van der Waals surface area contributed by atoms with E-state index in [2.05, 4.69) is 10.6 Å². The van der Waals surface area contributed by atoms with Crippen molar-refractivity contribution < 1.29 is 19.6 Å². The third kappa shape index (κ3) is 4.17. The van der Waals surface area contributed by atoms with Crippen molar-refractivity contribution in [2.45, 2.75) is 12.8 Å². The molecule has 0 spiro atoms. The molecule has 0 aromatic heterocycles. The number of carbonyl (C=O) groups is 3. The molecule has 3 amide bonds. The van der Waals surface area contributed by atoms with E-state index in [4.69, 9.17) is 5.21 Å². The van der Waals surface area contributed by atoms with E-state index in [-0.39, 0.29) is 17.4 Å². The molecule has 0 aliphatic heterocycles. The number of hydrogen-bond donors (Lipinski definition) is 4. The van der Waals surface area contributed by atoms with Crippen molar-refractivity contribution in [1.29, 1.82) is 0 Å². The molecule has 1 fully saturated rings. The highest BCUT2D eigenvalue weighted by Gasteiger charge is 2.56. The Morgan fingerprint density at radius 3 is 1.90 bits per heavy atom. The SMILES string of the molecule is O=C(NO)c1ccc(NC(=O)C2(C(=O)Nc3ccccc3)CC2)cc1-c1ccccc1. The van der Waals surface area contributed by atoms with Crippen LogP contribution in [0.1, 0.15) is 23.2 Å². The highest BCUT2D eigenvalue weighted by molar-refractivity contribution is 6.17. The summed E-state index contributed by atoms with van der Waals surface area (Å²) in [5.41, 5.74) is 3.18. The van der Waals surface area contributed by atoms with Crippen molar-refractivity contribution in [3.8, 4) is 11.1 Å². The van der Waals surface area contributed by atoms with Gasteiger partial charge in [0.15, 0.2) is 0 Å². The van der Waals surface area contributed by atoms with E-state index in [1.165, 1.54) is 6.07 Å². The lowest BCUT2D eigenvalue weighted by Crippen LogP contribution is -2.35. The van der Waals surface area contributed by atoms with Crippen molar-refractivity contribution >= 4 is 29.1 Å². The van der Waals surface area contributed by atoms with Gasteiger partial charge in [0.1, 0.15) is 5.41 Å². The smallest absolute Gasteiger partial charge is 0.275 e. The van der Waals surface area contributed by atoms with E-state index >= 15 is 0 Å². The molecule has 1 saturated carbocycles. The van der Waals surface area contributed by atoms with Crippen molar-refractivity contribution in [1.82, 2.24) is 5.48 Å². The minimum absolute atomic E-state index is 0.259. The van der Waals surface area contributed by atoms with E-state index in [0.717, 1.165) is 5.56 Å². The summed E-state index contributed by atoms with van der Waals surface area (Å²) in [5, 5.41) is 14.7. The lowest BCUT2D eigenvalue weighted by atomic mass is 9.98. The van der Waals surface area contributed by atoms with E-state index in [0.29, 0.717) is 29.8 Å². The monoisotopic (exact) mass is 415 g/mol. The normalized spacial score (nSPS) is 13.7. The third-order valence-corrected chi connectivity index (χ3v) is 5.36. The van der Waals surface area contributed by atoms with Gasteiger partial charge in [-0.05, 0) is 54.3 Å². The molecular formula is C24H21N3O4. The van der Waals surface area contributed by atoms with Gasteiger partial charge in [-0.25, -0.2) is 5.48 Å². The lowest BCUT2D eigenvalue weighted by molar-refractivity contribution is -0.131. The molecule has 0 atom stereocenters. The number of carbonyl (C=O) groups excluding carboxylic acids is 3. The van der Waals surface area contributed by atoms with Crippen molar-refractivity contribution in [3.63, 3.8) is 0 Å². The largest absolute Gasteiger partial charge is 0.325 e. The van der Waals surface area contributed by atoms with Crippen LogP contribution in [-0.4, -0.2) is 22.9 Å². The Bertz CT molecular complexity index is 1130. The van der Waals surface area contributed by atoms with Crippen molar-refractivity contribution in [2.75, 3.05) is 10.6 Å². The molecule has 1 aliphatic carbocycles. The highest BCUT2D eigenvalue weighted by atomic mass is 16.5. The summed E-state index contributed by atoms with van der Waals surface area (Å²) >= 11 is 0. The van der Waals surface area contributed by atoms with Crippen LogP contribution in [-0.2, 0) is 9.59 Å². The minimum atomic E-state index is -1.11. The predicted molar refractivity (Wildman–Crippen MR) is 116 cm³/mol. The van der Waals surface area contributed by atoms with Crippen LogP contribution in [0.3, 0.4) is 0 Å². The molecule has 0 unspecified atom stereocenters. The maximum atomic E-state index is 13.0. The summed E-state index contributed by atoms with van der Waals surface area (Å²) in [5.74, 6) is -1.38. The first-order valence-electron chi connectivity index (χ1n) is 9.85. The van der Waals surface area contributed by atoms with Crippen molar-refractivity contribution in [2.24, 2.45) is 5.41 Å². The fourth-order valence-corrected chi connectivity index (χ4v) is 3.44. The molecule has 1 aliphatic rings. The van der Waals surface area contributed by atoms with E-state index in [9.17, 15) is 14.4 Å². The first kappa shape index (κ1) is 20.3. The Balaban J connectivity index is 1.57. The molecule has 156 valence electrons. The quantitative estimate of drug-likeness (QED) is 0.279. The van der Waals surface area contributed by atoms with E-state index < -0.39 is 11.3 Å². The number of anilines is 2. The Kier molecular flexibility index (Phi) is 5.51. The molecule has 7 heteroatoms. The van der Waals surface area contributed by atoms with Crippen molar-refractivity contribution in [3.05, 3.63) is 84.4 Å². The number of benzene rings is 3. The first-order valence-corrected chi connectivity index (χ1v) is 9.85. The molecule has 0 radical (unpaired) electrons. The molecule has 4 N–H and O–H groups in total. The molecule has 0 bridgehead atoms. The molecule has 0 heterocycles. The van der Waals surface area contributed by atoms with Gasteiger partial charge in [0, 0.05) is 16.9 Å². The number of hydroxylamine groups is 1. The average Bonchev–Trinajstić information content (AvgIpc) is 3.62. The Labute approximate surface area is 179 Å². The van der Waals surface area contributed by atoms with Gasteiger partial charge in [0.05, 0.1) is 0 Å². The van der Waals surface area contributed by atoms with Crippen LogP contribution in [0, 0.1) is 5.41 Å². The number of nitrogens with one attached hydrogen (secondary N) is 3. The maximum Gasteiger partial charge on any atom is 0.275 e. The van der Waals surface area contributed by atoms with Gasteiger partial charge in [-0.1, -0.05) is 48.5 Å². The molecule has 7 nitrogen and oxygen atoms in total. The minimum Gasteiger partial charge on any atom is -0.325 e. The van der Waals surface area contributed by atoms with Gasteiger partial charge in [-0.2, -0.15) is 0 Å². The molecular weight excluding hydrogens is 394 g/mol. The summed E-state index contributed by atoms with van der Waals surface area (Å²) in [6.07, 6.45) is 0.933. The number of amides is 3. The van der Waals surface area contributed by atoms with Crippen LogP contribution in [0.5, 0.6) is 0 Å².